The summed E-state index contributed by atoms with van der Waals surface area (Å²) in [6.45, 7) is 0. The van der Waals surface area contributed by atoms with Crippen LogP contribution < -0.4 is 5.32 Å². The summed E-state index contributed by atoms with van der Waals surface area (Å²) in [5.74, 6) is 0.156. The Morgan fingerprint density at radius 3 is 2.91 bits per heavy atom. The lowest BCUT2D eigenvalue weighted by molar-refractivity contribution is -0.121. The van der Waals surface area contributed by atoms with E-state index in [1.807, 2.05) is 18.2 Å². The van der Waals surface area contributed by atoms with E-state index in [2.05, 4.69) is 35.4 Å². The molecule has 5 heteroatoms. The fraction of sp³-hybridized carbons (Fsp3) is 0.529. The lowest BCUT2D eigenvalue weighted by Gasteiger charge is -2.19. The minimum absolute atomic E-state index is 0.156. The molecular formula is C17H23N3OS. The van der Waals surface area contributed by atoms with Gasteiger partial charge in [-0.15, -0.1) is 11.3 Å². The molecule has 1 heterocycles. The SMILES string of the molecule is CN(C)[C@H]1CC[C@H](NC(=O)CCc2nc3ccccc3s2)C1. The predicted octanol–water partition coefficient (Wildman–Crippen LogP) is 2.83. The molecule has 1 aromatic carbocycles. The van der Waals surface area contributed by atoms with E-state index < -0.39 is 0 Å². The minimum Gasteiger partial charge on any atom is -0.353 e. The Labute approximate surface area is 135 Å². The van der Waals surface area contributed by atoms with Crippen LogP contribution in [-0.2, 0) is 11.2 Å². The number of aryl methyl sites for hydroxylation is 1. The molecule has 0 aliphatic heterocycles. The van der Waals surface area contributed by atoms with Crippen molar-refractivity contribution in [3.05, 3.63) is 29.3 Å². The summed E-state index contributed by atoms with van der Waals surface area (Å²) in [6, 6.07) is 9.08. The highest BCUT2D eigenvalue weighted by Gasteiger charge is 2.26. The molecule has 22 heavy (non-hydrogen) atoms. The maximum atomic E-state index is 12.1. The van der Waals surface area contributed by atoms with Crippen LogP contribution in [0.5, 0.6) is 0 Å². The Hall–Kier alpha value is -1.46. The van der Waals surface area contributed by atoms with Crippen molar-refractivity contribution in [2.24, 2.45) is 0 Å². The van der Waals surface area contributed by atoms with E-state index in [0.717, 1.165) is 29.8 Å². The van der Waals surface area contributed by atoms with Crippen molar-refractivity contribution in [2.75, 3.05) is 14.1 Å². The number of hydrogen-bond acceptors (Lipinski definition) is 4. The monoisotopic (exact) mass is 317 g/mol. The molecule has 1 aromatic heterocycles. The molecule has 1 amide bonds. The summed E-state index contributed by atoms with van der Waals surface area (Å²) in [5, 5.41) is 4.23. The molecule has 4 nitrogen and oxygen atoms in total. The normalized spacial score (nSPS) is 21.6. The Morgan fingerprint density at radius 1 is 1.36 bits per heavy atom. The van der Waals surface area contributed by atoms with Gasteiger partial charge in [-0.2, -0.15) is 0 Å². The third-order valence-corrected chi connectivity index (χ3v) is 5.50. The number of para-hydroxylation sites is 1. The van der Waals surface area contributed by atoms with Crippen LogP contribution in [-0.4, -0.2) is 42.0 Å². The lowest BCUT2D eigenvalue weighted by atomic mass is 10.2. The first-order valence-corrected chi connectivity index (χ1v) is 8.73. The molecule has 0 saturated heterocycles. The lowest BCUT2D eigenvalue weighted by Crippen LogP contribution is -2.35. The van der Waals surface area contributed by atoms with Crippen molar-refractivity contribution in [1.29, 1.82) is 0 Å². The van der Waals surface area contributed by atoms with Crippen LogP contribution >= 0.6 is 11.3 Å². The van der Waals surface area contributed by atoms with Crippen LogP contribution in [0.15, 0.2) is 24.3 Å². The molecule has 0 spiro atoms. The van der Waals surface area contributed by atoms with Crippen LogP contribution in [0.2, 0.25) is 0 Å². The first-order valence-electron chi connectivity index (χ1n) is 7.92. The number of benzene rings is 1. The van der Waals surface area contributed by atoms with Crippen LogP contribution in [0.1, 0.15) is 30.7 Å². The van der Waals surface area contributed by atoms with Crippen molar-refractivity contribution < 1.29 is 4.79 Å². The van der Waals surface area contributed by atoms with Crippen molar-refractivity contribution in [1.82, 2.24) is 15.2 Å². The number of carbonyl (C=O) groups excluding carboxylic acids is 1. The quantitative estimate of drug-likeness (QED) is 0.922. The maximum Gasteiger partial charge on any atom is 0.220 e. The highest BCUT2D eigenvalue weighted by Crippen LogP contribution is 2.24. The van der Waals surface area contributed by atoms with Crippen molar-refractivity contribution in [3.8, 4) is 0 Å². The second kappa shape index (κ2) is 6.75. The maximum absolute atomic E-state index is 12.1. The van der Waals surface area contributed by atoms with E-state index in [1.54, 1.807) is 11.3 Å². The fourth-order valence-electron chi connectivity index (χ4n) is 3.10. The minimum atomic E-state index is 0.156. The van der Waals surface area contributed by atoms with Gasteiger partial charge in [-0.05, 0) is 45.5 Å². The standard InChI is InChI=1S/C17H23N3OS/c1-20(2)13-8-7-12(11-13)18-16(21)9-10-17-19-14-5-3-4-6-15(14)22-17/h3-6,12-13H,7-11H2,1-2H3,(H,18,21)/t12-,13-/m0/s1. The molecule has 0 bridgehead atoms. The predicted molar refractivity (Wildman–Crippen MR) is 91.2 cm³/mol. The van der Waals surface area contributed by atoms with Crippen molar-refractivity contribution >= 4 is 27.5 Å². The number of fused-ring (bicyclic) bond motifs is 1. The van der Waals surface area contributed by atoms with Gasteiger partial charge in [0.25, 0.3) is 0 Å². The molecule has 2 aromatic rings. The van der Waals surface area contributed by atoms with Gasteiger partial charge < -0.3 is 10.2 Å². The number of rotatable bonds is 5. The van der Waals surface area contributed by atoms with Gasteiger partial charge in [0.1, 0.15) is 0 Å². The zero-order chi connectivity index (χ0) is 15.5. The number of carbonyl (C=O) groups is 1. The number of nitrogens with zero attached hydrogens (tertiary/aromatic N) is 2. The number of amides is 1. The highest BCUT2D eigenvalue weighted by molar-refractivity contribution is 7.18. The molecule has 1 fully saturated rings. The number of thiazole rings is 1. The van der Waals surface area contributed by atoms with Gasteiger partial charge in [0.15, 0.2) is 0 Å². The summed E-state index contributed by atoms with van der Waals surface area (Å²) < 4.78 is 1.20. The molecule has 1 aliphatic carbocycles. The van der Waals surface area contributed by atoms with Gasteiger partial charge in [-0.1, -0.05) is 12.1 Å². The Balaban J connectivity index is 1.48. The summed E-state index contributed by atoms with van der Waals surface area (Å²) in [7, 11) is 4.23. The first kappa shape index (κ1) is 15.4. The third kappa shape index (κ3) is 3.65. The van der Waals surface area contributed by atoms with Crippen LogP contribution in [0.25, 0.3) is 10.2 Å². The summed E-state index contributed by atoms with van der Waals surface area (Å²) in [6.07, 6.45) is 4.60. The average molecular weight is 317 g/mol. The Kier molecular flexibility index (Phi) is 4.74. The van der Waals surface area contributed by atoms with E-state index in [-0.39, 0.29) is 5.91 Å². The van der Waals surface area contributed by atoms with Gasteiger partial charge in [-0.25, -0.2) is 4.98 Å². The molecule has 1 N–H and O–H groups in total. The second-order valence-electron chi connectivity index (χ2n) is 6.27. The molecule has 118 valence electrons. The molecular weight excluding hydrogens is 294 g/mol. The first-order chi connectivity index (χ1) is 10.6. The highest BCUT2D eigenvalue weighted by atomic mass is 32.1. The van der Waals surface area contributed by atoms with Gasteiger partial charge in [0.05, 0.1) is 15.2 Å². The zero-order valence-electron chi connectivity index (χ0n) is 13.2. The summed E-state index contributed by atoms with van der Waals surface area (Å²) in [5.41, 5.74) is 1.03. The number of hydrogen-bond donors (Lipinski definition) is 1. The van der Waals surface area contributed by atoms with Gasteiger partial charge in [0.2, 0.25) is 5.91 Å². The van der Waals surface area contributed by atoms with E-state index in [0.29, 0.717) is 18.5 Å². The molecule has 2 atom stereocenters. The number of aromatic nitrogens is 1. The van der Waals surface area contributed by atoms with Crippen LogP contribution in [0.3, 0.4) is 0 Å². The largest absolute Gasteiger partial charge is 0.353 e. The fourth-order valence-corrected chi connectivity index (χ4v) is 4.07. The topological polar surface area (TPSA) is 45.2 Å². The molecule has 0 unspecified atom stereocenters. The summed E-state index contributed by atoms with van der Waals surface area (Å²) >= 11 is 1.69. The molecule has 1 saturated carbocycles. The van der Waals surface area contributed by atoms with Gasteiger partial charge in [0, 0.05) is 24.9 Å². The van der Waals surface area contributed by atoms with Crippen LogP contribution in [0.4, 0.5) is 0 Å². The number of nitrogens with one attached hydrogen (secondary N) is 1. The van der Waals surface area contributed by atoms with Gasteiger partial charge >= 0.3 is 0 Å². The van der Waals surface area contributed by atoms with Crippen LogP contribution in [0, 0.1) is 0 Å². The van der Waals surface area contributed by atoms with E-state index >= 15 is 0 Å². The van der Waals surface area contributed by atoms with Gasteiger partial charge in [-0.3, -0.25) is 4.79 Å². The zero-order valence-corrected chi connectivity index (χ0v) is 14.0. The average Bonchev–Trinajstić information content (AvgIpc) is 3.11. The van der Waals surface area contributed by atoms with E-state index in [4.69, 9.17) is 0 Å². The molecule has 1 aliphatic rings. The smallest absolute Gasteiger partial charge is 0.220 e. The van der Waals surface area contributed by atoms with Crippen molar-refractivity contribution in [3.63, 3.8) is 0 Å². The van der Waals surface area contributed by atoms with E-state index in [9.17, 15) is 4.79 Å². The second-order valence-corrected chi connectivity index (χ2v) is 7.39. The Morgan fingerprint density at radius 2 is 2.18 bits per heavy atom. The summed E-state index contributed by atoms with van der Waals surface area (Å²) in [4.78, 5) is 19.0. The molecule has 3 rings (SSSR count). The van der Waals surface area contributed by atoms with E-state index in [1.165, 1.54) is 11.1 Å². The Bertz CT molecular complexity index is 619. The van der Waals surface area contributed by atoms with Crippen molar-refractivity contribution in [2.45, 2.75) is 44.2 Å². The third-order valence-electron chi connectivity index (χ3n) is 4.40. The molecule has 0 radical (unpaired) electrons.